The van der Waals surface area contributed by atoms with Gasteiger partial charge in [-0.15, -0.1) is 0 Å². The van der Waals surface area contributed by atoms with Crippen LogP contribution in [0.25, 0.3) is 0 Å². The smallest absolute Gasteiger partial charge is 0.267 e. The van der Waals surface area contributed by atoms with Gasteiger partial charge >= 0.3 is 0 Å². The summed E-state index contributed by atoms with van der Waals surface area (Å²) in [5.41, 5.74) is 0. The lowest BCUT2D eigenvalue weighted by molar-refractivity contribution is -0.130. The molecule has 1 amide bonds. The molecule has 0 aliphatic carbocycles. The van der Waals surface area contributed by atoms with Crippen LogP contribution >= 0.6 is 0 Å². The van der Waals surface area contributed by atoms with Crippen LogP contribution in [0.15, 0.2) is 24.3 Å². The first-order valence-corrected chi connectivity index (χ1v) is 23.3. The second-order valence-electron chi connectivity index (χ2n) is 15.1. The summed E-state index contributed by atoms with van der Waals surface area (Å²) in [5, 5.41) is 23.4. The molecule has 302 valence electrons. The Hall–Kier alpha value is -1.22. The minimum Gasteiger partial charge on any atom is -0.387 e. The Bertz CT molecular complexity index is 921. The number of hydrogen-bond donors (Lipinski definition) is 4. The quantitative estimate of drug-likeness (QED) is 0.0282. The zero-order valence-corrected chi connectivity index (χ0v) is 34.2. The Morgan fingerprint density at radius 2 is 0.882 bits per heavy atom. The topological polar surface area (TPSA) is 124 Å². The number of aliphatic hydroxyl groups excluding tert-OH is 2. The van der Waals surface area contributed by atoms with Crippen molar-refractivity contribution in [3.63, 3.8) is 0 Å². The number of rotatable bonds is 39. The summed E-state index contributed by atoms with van der Waals surface area (Å²) < 4.78 is 32.5. The second kappa shape index (κ2) is 37.1. The average Bonchev–Trinajstić information content (AvgIpc) is 3.09. The molecule has 3 unspecified atom stereocenters. The molecule has 0 aliphatic heterocycles. The fraction of sp³-hybridized carbons (Fsp3) is 0.884. The van der Waals surface area contributed by atoms with Crippen molar-refractivity contribution in [2.75, 3.05) is 5.75 Å². The van der Waals surface area contributed by atoms with Gasteiger partial charge in [0.15, 0.2) is 0 Å². The Kier molecular flexibility index (Phi) is 36.2. The summed E-state index contributed by atoms with van der Waals surface area (Å²) in [6.45, 7) is 4.52. The highest BCUT2D eigenvalue weighted by Gasteiger charge is 2.27. The molecule has 4 N–H and O–H groups in total. The van der Waals surface area contributed by atoms with Gasteiger partial charge in [-0.1, -0.05) is 212 Å². The van der Waals surface area contributed by atoms with Crippen LogP contribution in [-0.2, 0) is 14.9 Å². The summed E-state index contributed by atoms with van der Waals surface area (Å²) in [4.78, 5) is 12.6. The maximum Gasteiger partial charge on any atom is 0.267 e. The highest BCUT2D eigenvalue weighted by Crippen LogP contribution is 2.16. The molecule has 7 nitrogen and oxygen atoms in total. The number of nitrogens with one attached hydrogen (secondary N) is 1. The normalized spacial score (nSPS) is 14.1. The number of unbranched alkanes of at least 4 members (excludes halogenated alkanes) is 28. The third kappa shape index (κ3) is 36.9. The van der Waals surface area contributed by atoms with E-state index in [0.717, 1.165) is 32.1 Å². The number of carbonyl (C=O) groups excluding carboxylic acids is 1. The van der Waals surface area contributed by atoms with Crippen molar-refractivity contribution in [2.24, 2.45) is 0 Å². The van der Waals surface area contributed by atoms with Crippen molar-refractivity contribution in [2.45, 2.75) is 238 Å². The van der Waals surface area contributed by atoms with Gasteiger partial charge in [0, 0.05) is 0 Å². The molecule has 0 heterocycles. The van der Waals surface area contributed by atoms with Gasteiger partial charge in [-0.3, -0.25) is 9.35 Å². The van der Waals surface area contributed by atoms with Gasteiger partial charge in [-0.05, 0) is 32.1 Å². The van der Waals surface area contributed by atoms with E-state index in [1.54, 1.807) is 6.08 Å². The fourth-order valence-electron chi connectivity index (χ4n) is 6.65. The third-order valence-corrected chi connectivity index (χ3v) is 10.8. The molecule has 0 spiro atoms. The summed E-state index contributed by atoms with van der Waals surface area (Å²) in [6, 6.07) is -1.24. The lowest BCUT2D eigenvalue weighted by Crippen LogP contribution is -2.50. The van der Waals surface area contributed by atoms with E-state index in [2.05, 4.69) is 31.3 Å². The van der Waals surface area contributed by atoms with Crippen molar-refractivity contribution >= 4 is 16.0 Å². The number of aliphatic hydroxyl groups is 2. The van der Waals surface area contributed by atoms with Gasteiger partial charge in [0.05, 0.1) is 17.9 Å². The van der Waals surface area contributed by atoms with Crippen molar-refractivity contribution in [1.82, 2.24) is 5.32 Å². The van der Waals surface area contributed by atoms with Gasteiger partial charge in [-0.25, -0.2) is 0 Å². The van der Waals surface area contributed by atoms with Gasteiger partial charge in [0.2, 0.25) is 5.91 Å². The first kappa shape index (κ1) is 49.8. The van der Waals surface area contributed by atoms with E-state index in [9.17, 15) is 28.0 Å². The van der Waals surface area contributed by atoms with E-state index in [1.165, 1.54) is 160 Å². The molecule has 3 atom stereocenters. The minimum absolute atomic E-state index is 0.278. The lowest BCUT2D eigenvalue weighted by Gasteiger charge is -2.22. The first-order valence-electron chi connectivity index (χ1n) is 21.6. The molecule has 0 fully saturated rings. The molecule has 51 heavy (non-hydrogen) atoms. The van der Waals surface area contributed by atoms with Crippen LogP contribution in [-0.4, -0.2) is 53.1 Å². The van der Waals surface area contributed by atoms with Crippen molar-refractivity contribution in [3.8, 4) is 0 Å². The van der Waals surface area contributed by atoms with E-state index in [-0.39, 0.29) is 6.42 Å². The maximum atomic E-state index is 12.6. The molecular weight excluding hydrogens is 659 g/mol. The largest absolute Gasteiger partial charge is 0.387 e. The van der Waals surface area contributed by atoms with E-state index in [1.807, 2.05) is 0 Å². The third-order valence-electron chi connectivity index (χ3n) is 9.99. The summed E-state index contributed by atoms with van der Waals surface area (Å²) in [6.07, 6.45) is 43.8. The molecule has 0 aromatic heterocycles. The highest BCUT2D eigenvalue weighted by molar-refractivity contribution is 7.85. The Morgan fingerprint density at radius 1 is 0.529 bits per heavy atom. The van der Waals surface area contributed by atoms with Crippen molar-refractivity contribution in [3.05, 3.63) is 24.3 Å². The van der Waals surface area contributed by atoms with Crippen LogP contribution in [0.1, 0.15) is 219 Å². The summed E-state index contributed by atoms with van der Waals surface area (Å²) in [5.74, 6) is -1.55. The minimum atomic E-state index is -4.45. The zero-order valence-electron chi connectivity index (χ0n) is 33.4. The average molecular weight is 742 g/mol. The van der Waals surface area contributed by atoms with Gasteiger partial charge in [0.1, 0.15) is 6.10 Å². The molecule has 8 heteroatoms. The van der Waals surface area contributed by atoms with Crippen molar-refractivity contribution < 1.29 is 28.0 Å². The molecular formula is C43H83NO6S. The van der Waals surface area contributed by atoms with Crippen molar-refractivity contribution in [1.29, 1.82) is 0 Å². The van der Waals surface area contributed by atoms with Crippen LogP contribution in [0.3, 0.4) is 0 Å². The number of amides is 1. The van der Waals surface area contributed by atoms with E-state index < -0.39 is 40.0 Å². The van der Waals surface area contributed by atoms with Gasteiger partial charge in [-0.2, -0.15) is 8.42 Å². The molecule has 0 aromatic rings. The second-order valence-corrected chi connectivity index (χ2v) is 16.6. The van der Waals surface area contributed by atoms with Crippen LogP contribution in [0.4, 0.5) is 0 Å². The van der Waals surface area contributed by atoms with Crippen LogP contribution in [0.5, 0.6) is 0 Å². The Balaban J connectivity index is 4.03. The lowest BCUT2D eigenvalue weighted by atomic mass is 10.0. The molecule has 0 aromatic carbocycles. The maximum absolute atomic E-state index is 12.6. The molecule has 0 radical (unpaired) electrons. The number of allylic oxidation sites excluding steroid dienone is 3. The van der Waals surface area contributed by atoms with Crippen LogP contribution in [0, 0.1) is 0 Å². The predicted octanol–water partition coefficient (Wildman–Crippen LogP) is 11.7. The van der Waals surface area contributed by atoms with Gasteiger partial charge < -0.3 is 15.5 Å². The summed E-state index contributed by atoms with van der Waals surface area (Å²) >= 11 is 0. The first-order chi connectivity index (χ1) is 24.7. The van der Waals surface area contributed by atoms with E-state index >= 15 is 0 Å². The van der Waals surface area contributed by atoms with E-state index in [4.69, 9.17) is 0 Å². The SMILES string of the molecule is CCCCCCCCCCCCC/C=C/CC/C=C/C(O)C(CS(=O)(=O)O)NC(=O)C(O)CCCCCCCCCCCCCCCCCCC. The zero-order chi connectivity index (χ0) is 37.7. The summed E-state index contributed by atoms with van der Waals surface area (Å²) in [7, 11) is -4.45. The standard InChI is InChI=1S/C43H83NO6S/c1-3-5-7-9-11-13-15-17-19-21-23-25-27-29-31-33-35-37-41(45)40(39-51(48,49)50)44-43(47)42(46)38-36-34-32-30-28-26-24-22-20-18-16-14-12-10-8-6-4-2/h27,29,35,37,40-42,45-46H,3-26,28,30-34,36,38-39H2,1-2H3,(H,44,47)(H,48,49,50)/b29-27+,37-35+. The molecule has 0 rings (SSSR count). The Morgan fingerprint density at radius 3 is 1.29 bits per heavy atom. The fourth-order valence-corrected chi connectivity index (χ4v) is 7.38. The van der Waals surface area contributed by atoms with Crippen LogP contribution < -0.4 is 5.32 Å². The molecule has 0 bridgehead atoms. The molecule has 0 saturated heterocycles. The predicted molar refractivity (Wildman–Crippen MR) is 218 cm³/mol. The number of carbonyl (C=O) groups is 1. The van der Waals surface area contributed by atoms with Gasteiger partial charge in [0.25, 0.3) is 10.1 Å². The monoisotopic (exact) mass is 742 g/mol. The molecule has 0 saturated carbocycles. The number of hydrogen-bond acceptors (Lipinski definition) is 5. The Labute approximate surface area is 316 Å². The van der Waals surface area contributed by atoms with Crippen LogP contribution in [0.2, 0.25) is 0 Å². The highest BCUT2D eigenvalue weighted by atomic mass is 32.2. The van der Waals surface area contributed by atoms with E-state index in [0.29, 0.717) is 12.8 Å². The molecule has 0 aliphatic rings.